The zero-order valence-electron chi connectivity index (χ0n) is 12.8. The van der Waals surface area contributed by atoms with Crippen molar-refractivity contribution >= 4 is 16.7 Å². The van der Waals surface area contributed by atoms with E-state index in [4.69, 9.17) is 0 Å². The molecule has 124 valence electrons. The summed E-state index contributed by atoms with van der Waals surface area (Å²) in [5.74, 6) is 0.842. The Morgan fingerprint density at radius 1 is 0.875 bits per heavy atom. The van der Waals surface area contributed by atoms with Crippen molar-refractivity contribution in [1.29, 1.82) is 0 Å². The topological polar surface area (TPSA) is 124 Å². The van der Waals surface area contributed by atoms with Gasteiger partial charge in [0.2, 0.25) is 0 Å². The Balaban J connectivity index is 2.15. The summed E-state index contributed by atoms with van der Waals surface area (Å²) in [5.41, 5.74) is 0.0750. The van der Waals surface area contributed by atoms with Crippen LogP contribution >= 0.6 is 0 Å². The molecule has 3 aromatic heterocycles. The molecule has 0 saturated carbocycles. The molecule has 0 bridgehead atoms. The van der Waals surface area contributed by atoms with E-state index in [2.05, 4.69) is 25.3 Å². The summed E-state index contributed by atoms with van der Waals surface area (Å²) in [4.78, 5) is 17.0. The number of aromatic nitrogens is 4. The van der Waals surface area contributed by atoms with Gasteiger partial charge in [0.1, 0.15) is 11.4 Å². The number of fused-ring (bicyclic) bond motifs is 1. The minimum Gasteiger partial charge on any atom is -0.394 e. The molecule has 0 aliphatic heterocycles. The second kappa shape index (κ2) is 6.83. The van der Waals surface area contributed by atoms with Crippen LogP contribution in [0, 0.1) is 0 Å². The zero-order chi connectivity index (χ0) is 17.0. The van der Waals surface area contributed by atoms with Gasteiger partial charge in [0.15, 0.2) is 5.82 Å². The van der Waals surface area contributed by atoms with E-state index in [1.165, 1.54) is 0 Å². The number of hydrogen-bond acceptors (Lipinski definition) is 8. The zero-order valence-corrected chi connectivity index (χ0v) is 12.8. The molecule has 3 rings (SSSR count). The molecule has 0 aliphatic rings. The Labute approximate surface area is 137 Å². The van der Waals surface area contributed by atoms with Crippen molar-refractivity contribution < 1.29 is 15.3 Å². The van der Waals surface area contributed by atoms with E-state index in [1.807, 2.05) is 0 Å². The molecule has 8 nitrogen and oxygen atoms in total. The van der Waals surface area contributed by atoms with Crippen molar-refractivity contribution in [2.24, 2.45) is 0 Å². The highest BCUT2D eigenvalue weighted by Crippen LogP contribution is 2.26. The number of rotatable bonds is 6. The minimum absolute atomic E-state index is 0.395. The van der Waals surface area contributed by atoms with Gasteiger partial charge in [-0.2, -0.15) is 0 Å². The van der Waals surface area contributed by atoms with Crippen LogP contribution in [0.4, 0.5) is 5.82 Å². The third-order valence-electron chi connectivity index (χ3n) is 3.73. The highest BCUT2D eigenvalue weighted by atomic mass is 16.3. The normalized spacial score (nSPS) is 11.6. The Morgan fingerprint density at radius 3 is 2.21 bits per heavy atom. The smallest absolute Gasteiger partial charge is 0.162 e. The van der Waals surface area contributed by atoms with Crippen LogP contribution in [0.3, 0.4) is 0 Å². The van der Waals surface area contributed by atoms with Crippen LogP contribution in [0.1, 0.15) is 0 Å². The van der Waals surface area contributed by atoms with Gasteiger partial charge >= 0.3 is 0 Å². The second-order valence-electron chi connectivity index (χ2n) is 5.40. The van der Waals surface area contributed by atoms with Crippen LogP contribution < -0.4 is 5.32 Å². The lowest BCUT2D eigenvalue weighted by Gasteiger charge is -2.29. The van der Waals surface area contributed by atoms with Gasteiger partial charge in [-0.25, -0.2) is 9.97 Å². The molecule has 0 unspecified atom stereocenters. The van der Waals surface area contributed by atoms with Crippen molar-refractivity contribution in [3.8, 4) is 11.4 Å². The maximum absolute atomic E-state index is 9.55. The second-order valence-corrected chi connectivity index (χ2v) is 5.40. The molecule has 0 amide bonds. The number of anilines is 1. The lowest BCUT2D eigenvalue weighted by molar-refractivity contribution is 0.0832. The number of nitrogens with zero attached hydrogens (tertiary/aromatic N) is 4. The first-order valence-corrected chi connectivity index (χ1v) is 7.34. The van der Waals surface area contributed by atoms with Crippen LogP contribution in [-0.4, -0.2) is 60.6 Å². The molecule has 0 radical (unpaired) electrons. The maximum atomic E-state index is 9.55. The van der Waals surface area contributed by atoms with Gasteiger partial charge in [0.05, 0.1) is 31.5 Å². The molecule has 4 N–H and O–H groups in total. The fourth-order valence-corrected chi connectivity index (χ4v) is 2.23. The molecule has 3 heterocycles. The van der Waals surface area contributed by atoms with Gasteiger partial charge in [-0.1, -0.05) is 0 Å². The first kappa shape index (κ1) is 16.2. The van der Waals surface area contributed by atoms with Crippen molar-refractivity contribution in [3.05, 3.63) is 43.0 Å². The summed E-state index contributed by atoms with van der Waals surface area (Å²) in [6.07, 6.45) is 6.48. The molecule has 8 heteroatoms. The van der Waals surface area contributed by atoms with Crippen molar-refractivity contribution in [3.63, 3.8) is 0 Å². The van der Waals surface area contributed by atoms with Gasteiger partial charge in [0.25, 0.3) is 0 Å². The maximum Gasteiger partial charge on any atom is 0.162 e. The average Bonchev–Trinajstić information content (AvgIpc) is 2.66. The number of aliphatic hydroxyl groups excluding tert-OH is 3. The van der Waals surface area contributed by atoms with Gasteiger partial charge < -0.3 is 20.6 Å². The summed E-state index contributed by atoms with van der Waals surface area (Å²) >= 11 is 0. The van der Waals surface area contributed by atoms with Gasteiger partial charge in [-0.15, -0.1) is 0 Å². The number of aliphatic hydroxyl groups is 3. The van der Waals surface area contributed by atoms with Gasteiger partial charge in [0, 0.05) is 29.5 Å². The van der Waals surface area contributed by atoms with Crippen LogP contribution in [0.25, 0.3) is 22.3 Å². The summed E-state index contributed by atoms with van der Waals surface area (Å²) in [5, 5.41) is 32.3. The van der Waals surface area contributed by atoms with E-state index in [0.717, 1.165) is 5.56 Å². The molecular formula is C16H17N5O3. The fourth-order valence-electron chi connectivity index (χ4n) is 2.23. The molecule has 0 saturated heterocycles. The first-order valence-electron chi connectivity index (χ1n) is 7.34. The van der Waals surface area contributed by atoms with Gasteiger partial charge in [-0.3, -0.25) is 9.97 Å². The van der Waals surface area contributed by atoms with E-state index >= 15 is 0 Å². The van der Waals surface area contributed by atoms with Gasteiger partial charge in [-0.05, 0) is 18.2 Å². The molecule has 0 aromatic carbocycles. The number of hydrogen-bond donors (Lipinski definition) is 4. The molecule has 0 fully saturated rings. The van der Waals surface area contributed by atoms with Crippen LogP contribution in [-0.2, 0) is 0 Å². The summed E-state index contributed by atoms with van der Waals surface area (Å²) in [6.45, 7) is -1.37. The van der Waals surface area contributed by atoms with E-state index in [-0.39, 0.29) is 0 Å². The summed E-state index contributed by atoms with van der Waals surface area (Å²) in [6, 6.07) is 5.28. The third-order valence-corrected chi connectivity index (χ3v) is 3.73. The lowest BCUT2D eigenvalue weighted by atomic mass is 10.0. The number of nitrogens with one attached hydrogen (secondary N) is 1. The Hall–Kier alpha value is -2.68. The van der Waals surface area contributed by atoms with E-state index < -0.39 is 25.4 Å². The minimum atomic E-state index is -1.29. The highest BCUT2D eigenvalue weighted by Gasteiger charge is 2.29. The van der Waals surface area contributed by atoms with Crippen LogP contribution in [0.2, 0.25) is 0 Å². The van der Waals surface area contributed by atoms with Crippen LogP contribution in [0.5, 0.6) is 0 Å². The van der Waals surface area contributed by atoms with Crippen molar-refractivity contribution in [1.82, 2.24) is 19.9 Å². The SMILES string of the molecule is OCC(CO)(CO)Nc1nc(-c2ccncc2)nc2cnccc12. The Morgan fingerprint density at radius 2 is 1.54 bits per heavy atom. The Kier molecular flexibility index (Phi) is 4.61. The molecule has 0 aliphatic carbocycles. The van der Waals surface area contributed by atoms with Crippen LogP contribution in [0.15, 0.2) is 43.0 Å². The predicted molar refractivity (Wildman–Crippen MR) is 88.2 cm³/mol. The standard InChI is InChI=1S/C16H17N5O3/c22-8-16(9-23,10-24)21-15-12-3-6-18-7-13(12)19-14(20-15)11-1-4-17-5-2-11/h1-7,22-24H,8-10H2,(H,19,20,21). The molecular weight excluding hydrogens is 310 g/mol. The van der Waals surface area contributed by atoms with E-state index in [0.29, 0.717) is 22.5 Å². The lowest BCUT2D eigenvalue weighted by Crippen LogP contribution is -2.49. The highest BCUT2D eigenvalue weighted by molar-refractivity contribution is 5.90. The Bertz CT molecular complexity index is 816. The van der Waals surface area contributed by atoms with Crippen molar-refractivity contribution in [2.75, 3.05) is 25.1 Å². The monoisotopic (exact) mass is 327 g/mol. The number of pyridine rings is 2. The summed E-state index contributed by atoms with van der Waals surface area (Å²) < 4.78 is 0. The molecule has 0 atom stereocenters. The molecule has 24 heavy (non-hydrogen) atoms. The largest absolute Gasteiger partial charge is 0.394 e. The van der Waals surface area contributed by atoms with Crippen molar-refractivity contribution in [2.45, 2.75) is 5.54 Å². The average molecular weight is 327 g/mol. The third kappa shape index (κ3) is 3.02. The molecule has 3 aromatic rings. The molecule has 0 spiro atoms. The predicted octanol–water partition coefficient (Wildman–Crippen LogP) is 0.214. The quantitative estimate of drug-likeness (QED) is 0.507. The first-order chi connectivity index (χ1) is 11.7. The fraction of sp³-hybridized carbons (Fsp3) is 0.250. The van der Waals surface area contributed by atoms with E-state index in [1.54, 1.807) is 43.0 Å². The van der Waals surface area contributed by atoms with E-state index in [9.17, 15) is 15.3 Å². The summed E-state index contributed by atoms with van der Waals surface area (Å²) in [7, 11) is 0.